The second-order valence-electron chi connectivity index (χ2n) is 5.93. The summed E-state index contributed by atoms with van der Waals surface area (Å²) in [5, 5.41) is 5.01. The number of benzene rings is 4. The molecule has 136 valence electrons. The van der Waals surface area contributed by atoms with Crippen LogP contribution in [0.3, 0.4) is 0 Å². The first-order valence-electron chi connectivity index (χ1n) is 8.90. The summed E-state index contributed by atoms with van der Waals surface area (Å²) in [7, 11) is 0. The van der Waals surface area contributed by atoms with Gasteiger partial charge in [-0.25, -0.2) is 0 Å². The SMILES string of the molecule is S=[P+](c1ccccc1)c1ccccc1.S=[P+](c1ccccc1)c1ccccc1. The lowest BCUT2D eigenvalue weighted by molar-refractivity contribution is 1.76. The highest BCUT2D eigenvalue weighted by molar-refractivity contribution is 8.12. The first-order valence-corrected chi connectivity index (χ1v) is 13.6. The molecule has 0 aliphatic rings. The van der Waals surface area contributed by atoms with Gasteiger partial charge in [-0.2, -0.15) is 0 Å². The van der Waals surface area contributed by atoms with Crippen molar-refractivity contribution < 1.29 is 0 Å². The van der Waals surface area contributed by atoms with Crippen LogP contribution in [0.15, 0.2) is 121 Å². The van der Waals surface area contributed by atoms with E-state index < -0.39 is 13.4 Å². The van der Waals surface area contributed by atoms with E-state index in [-0.39, 0.29) is 0 Å². The van der Waals surface area contributed by atoms with Crippen molar-refractivity contribution in [2.24, 2.45) is 0 Å². The van der Waals surface area contributed by atoms with E-state index in [4.69, 9.17) is 23.6 Å². The molecule has 4 aromatic carbocycles. The van der Waals surface area contributed by atoms with E-state index in [0.29, 0.717) is 0 Å². The Hall–Kier alpha value is -2.08. The molecule has 0 spiro atoms. The van der Waals surface area contributed by atoms with E-state index in [2.05, 4.69) is 48.5 Å². The third kappa shape index (κ3) is 5.96. The number of rotatable bonds is 4. The summed E-state index contributed by atoms with van der Waals surface area (Å²) < 4.78 is 0. The van der Waals surface area contributed by atoms with E-state index in [9.17, 15) is 0 Å². The Morgan fingerprint density at radius 2 is 0.500 bits per heavy atom. The fourth-order valence-corrected chi connectivity index (χ4v) is 6.38. The van der Waals surface area contributed by atoms with Gasteiger partial charge < -0.3 is 0 Å². The van der Waals surface area contributed by atoms with Crippen LogP contribution < -0.4 is 21.2 Å². The van der Waals surface area contributed by atoms with Gasteiger partial charge in [0, 0.05) is 0 Å². The van der Waals surface area contributed by atoms with Gasteiger partial charge in [0.2, 0.25) is 13.4 Å². The summed E-state index contributed by atoms with van der Waals surface area (Å²) in [4.78, 5) is 0. The second-order valence-corrected chi connectivity index (χ2v) is 11.4. The molecule has 0 fully saturated rings. The Morgan fingerprint density at radius 1 is 0.321 bits per heavy atom. The van der Waals surface area contributed by atoms with E-state index in [0.717, 1.165) is 0 Å². The third-order valence-electron chi connectivity index (χ3n) is 3.96. The van der Waals surface area contributed by atoms with Gasteiger partial charge in [0.05, 0.1) is 0 Å². The monoisotopic (exact) mass is 434 g/mol. The van der Waals surface area contributed by atoms with Crippen molar-refractivity contribution >= 4 is 58.2 Å². The number of hydrogen-bond donors (Lipinski definition) is 0. The minimum absolute atomic E-state index is 0.587. The molecule has 0 amide bonds. The summed E-state index contributed by atoms with van der Waals surface area (Å²) in [6.07, 6.45) is 0. The maximum atomic E-state index is 5.54. The van der Waals surface area contributed by atoms with E-state index >= 15 is 0 Å². The highest BCUT2D eigenvalue weighted by Crippen LogP contribution is 2.19. The molecule has 0 radical (unpaired) electrons. The summed E-state index contributed by atoms with van der Waals surface area (Å²) >= 11 is 11.1. The molecule has 0 nitrogen and oxygen atoms in total. The molecular weight excluding hydrogens is 414 g/mol. The van der Waals surface area contributed by atoms with E-state index in [1.54, 1.807) is 0 Å². The maximum absolute atomic E-state index is 5.54. The molecule has 4 rings (SSSR count). The highest BCUT2D eigenvalue weighted by Gasteiger charge is 2.16. The average molecular weight is 435 g/mol. The van der Waals surface area contributed by atoms with Crippen molar-refractivity contribution in [3.8, 4) is 0 Å². The minimum Gasteiger partial charge on any atom is -0.0619 e. The zero-order chi connectivity index (χ0) is 19.6. The van der Waals surface area contributed by atoms with Crippen LogP contribution in [0.4, 0.5) is 0 Å². The Kier molecular flexibility index (Phi) is 8.15. The van der Waals surface area contributed by atoms with Crippen molar-refractivity contribution in [3.05, 3.63) is 121 Å². The van der Waals surface area contributed by atoms with Gasteiger partial charge in [-0.3, -0.25) is 0 Å². The van der Waals surface area contributed by atoms with Crippen molar-refractivity contribution in [2.45, 2.75) is 0 Å². The van der Waals surface area contributed by atoms with Crippen molar-refractivity contribution in [1.29, 1.82) is 0 Å². The second kappa shape index (κ2) is 11.1. The molecule has 4 aromatic rings. The van der Waals surface area contributed by atoms with Crippen LogP contribution in [0.2, 0.25) is 0 Å². The maximum Gasteiger partial charge on any atom is 0.250 e. The lowest BCUT2D eigenvalue weighted by atomic mass is 10.4. The Bertz CT molecular complexity index is 849. The van der Waals surface area contributed by atoms with Crippen LogP contribution >= 0.6 is 13.4 Å². The van der Waals surface area contributed by atoms with Crippen LogP contribution in [0.25, 0.3) is 0 Å². The molecule has 0 aliphatic heterocycles. The van der Waals surface area contributed by atoms with Crippen LogP contribution in [-0.2, 0) is 23.6 Å². The molecule has 4 heteroatoms. The summed E-state index contributed by atoms with van der Waals surface area (Å²) in [6, 6.07) is 41.2. The van der Waals surface area contributed by atoms with Gasteiger partial charge in [0.15, 0.2) is 44.8 Å². The van der Waals surface area contributed by atoms with E-state index in [1.165, 1.54) is 21.2 Å². The molecule has 28 heavy (non-hydrogen) atoms. The standard InChI is InChI=1S/2C12H10PS/c2*14-13(11-7-3-1-4-8-11)12-9-5-2-6-10-12/h2*1-10H/q2*+1. The highest BCUT2D eigenvalue weighted by atomic mass is 32.4. The quantitative estimate of drug-likeness (QED) is 0.407. The van der Waals surface area contributed by atoms with Crippen LogP contribution in [0.1, 0.15) is 0 Å². The Balaban J connectivity index is 0.000000161. The summed E-state index contributed by atoms with van der Waals surface area (Å²) in [6.45, 7) is -1.17. The summed E-state index contributed by atoms with van der Waals surface area (Å²) in [5.41, 5.74) is 0. The van der Waals surface area contributed by atoms with Gasteiger partial charge in [0.25, 0.3) is 0 Å². The zero-order valence-electron chi connectivity index (χ0n) is 15.3. The van der Waals surface area contributed by atoms with Crippen LogP contribution in [0, 0.1) is 0 Å². The van der Waals surface area contributed by atoms with Gasteiger partial charge in [0.1, 0.15) is 0 Å². The normalized spacial score (nSPS) is 9.71. The van der Waals surface area contributed by atoms with Gasteiger partial charge in [-0.15, -0.1) is 0 Å². The van der Waals surface area contributed by atoms with Crippen LogP contribution in [0.5, 0.6) is 0 Å². The lowest BCUT2D eigenvalue weighted by Gasteiger charge is -1.90. The smallest absolute Gasteiger partial charge is 0.0619 e. The predicted molar refractivity (Wildman–Crippen MR) is 133 cm³/mol. The molecule has 0 aromatic heterocycles. The fourth-order valence-electron chi connectivity index (χ4n) is 2.55. The van der Waals surface area contributed by atoms with Gasteiger partial charge in [-0.1, -0.05) is 72.8 Å². The average Bonchev–Trinajstić information content (AvgIpc) is 2.81. The minimum atomic E-state index is -0.587. The van der Waals surface area contributed by atoms with Gasteiger partial charge >= 0.3 is 0 Å². The first kappa shape index (κ1) is 20.6. The Labute approximate surface area is 179 Å². The van der Waals surface area contributed by atoms with Crippen LogP contribution in [-0.4, -0.2) is 0 Å². The van der Waals surface area contributed by atoms with Crippen molar-refractivity contribution in [2.75, 3.05) is 0 Å². The fraction of sp³-hybridized carbons (Fsp3) is 0. The molecular formula is C24H20P2S2+2. The first-order chi connectivity index (χ1) is 13.8. The molecule has 0 N–H and O–H groups in total. The molecule has 0 aliphatic carbocycles. The molecule has 0 bridgehead atoms. The molecule has 0 saturated heterocycles. The lowest BCUT2D eigenvalue weighted by Crippen LogP contribution is -2.04. The largest absolute Gasteiger partial charge is 0.250 e. The third-order valence-corrected chi connectivity index (χ3v) is 9.56. The predicted octanol–water partition coefficient (Wildman–Crippen LogP) is 5.16. The topological polar surface area (TPSA) is 0 Å². The van der Waals surface area contributed by atoms with E-state index in [1.807, 2.05) is 72.8 Å². The van der Waals surface area contributed by atoms with Crippen molar-refractivity contribution in [3.63, 3.8) is 0 Å². The van der Waals surface area contributed by atoms with Gasteiger partial charge in [-0.05, 0) is 48.5 Å². The number of hydrogen-bond acceptors (Lipinski definition) is 2. The molecule has 0 saturated carbocycles. The summed E-state index contributed by atoms with van der Waals surface area (Å²) in [5.74, 6) is 0. The molecule has 0 heterocycles. The van der Waals surface area contributed by atoms with Crippen molar-refractivity contribution in [1.82, 2.24) is 0 Å². The molecule has 0 atom stereocenters. The Morgan fingerprint density at radius 3 is 0.679 bits per heavy atom. The molecule has 0 unspecified atom stereocenters. The zero-order valence-corrected chi connectivity index (χ0v) is 18.7.